The van der Waals surface area contributed by atoms with E-state index in [0.717, 1.165) is 5.56 Å². The second kappa shape index (κ2) is 5.70. The van der Waals surface area contributed by atoms with Gasteiger partial charge in [0.1, 0.15) is 5.75 Å². The molecule has 0 aliphatic heterocycles. The van der Waals surface area contributed by atoms with Crippen molar-refractivity contribution in [2.45, 2.75) is 0 Å². The lowest BCUT2D eigenvalue weighted by atomic mass is 10.0. The summed E-state index contributed by atoms with van der Waals surface area (Å²) in [6, 6.07) is 22.1. The molecular formula is C18H13BO3S. The Bertz CT molecular complexity index is 977. The number of hydrogen-bond donors (Lipinski definition) is 2. The highest BCUT2D eigenvalue weighted by Gasteiger charge is 2.12. The molecule has 0 unspecified atom stereocenters. The van der Waals surface area contributed by atoms with Crippen LogP contribution in [-0.4, -0.2) is 17.4 Å². The van der Waals surface area contributed by atoms with Crippen molar-refractivity contribution in [1.29, 1.82) is 0 Å². The Morgan fingerprint density at radius 2 is 1.52 bits per heavy atom. The highest BCUT2D eigenvalue weighted by atomic mass is 32.1. The van der Waals surface area contributed by atoms with E-state index < -0.39 is 7.32 Å². The minimum atomic E-state index is -1.80. The van der Waals surface area contributed by atoms with Crippen LogP contribution in [0.5, 0.6) is 5.75 Å². The molecule has 0 atom stereocenters. The van der Waals surface area contributed by atoms with Gasteiger partial charge in [0, 0.05) is 20.2 Å². The predicted molar refractivity (Wildman–Crippen MR) is 95.6 cm³/mol. The lowest BCUT2D eigenvalue weighted by molar-refractivity contribution is 0.288. The van der Waals surface area contributed by atoms with Crippen LogP contribution in [0.3, 0.4) is 0 Å². The van der Waals surface area contributed by atoms with Crippen molar-refractivity contribution in [2.75, 3.05) is 0 Å². The van der Waals surface area contributed by atoms with Crippen LogP contribution in [0.4, 0.5) is 0 Å². The van der Waals surface area contributed by atoms with Crippen LogP contribution in [0, 0.1) is 0 Å². The van der Waals surface area contributed by atoms with Crippen molar-refractivity contribution in [3.8, 4) is 16.9 Å². The molecule has 0 radical (unpaired) electrons. The fourth-order valence-electron chi connectivity index (χ4n) is 2.81. The van der Waals surface area contributed by atoms with Gasteiger partial charge in [0.15, 0.2) is 0 Å². The molecule has 0 amide bonds. The summed E-state index contributed by atoms with van der Waals surface area (Å²) in [7, 11) is -1.80. The van der Waals surface area contributed by atoms with Gasteiger partial charge in [-0.25, -0.2) is 0 Å². The average Bonchev–Trinajstić information content (AvgIpc) is 2.94. The zero-order chi connectivity index (χ0) is 15.8. The van der Waals surface area contributed by atoms with Gasteiger partial charge in [-0.3, -0.25) is 0 Å². The first-order valence-electron chi connectivity index (χ1n) is 7.26. The second-order valence-electron chi connectivity index (χ2n) is 5.25. The topological polar surface area (TPSA) is 49.7 Å². The summed E-state index contributed by atoms with van der Waals surface area (Å²) in [5.74, 6) is 0.423. The lowest BCUT2D eigenvalue weighted by Crippen LogP contribution is -2.20. The van der Waals surface area contributed by atoms with Crippen molar-refractivity contribution < 1.29 is 14.7 Å². The molecule has 23 heavy (non-hydrogen) atoms. The molecule has 3 aromatic carbocycles. The van der Waals surface area contributed by atoms with E-state index in [1.165, 1.54) is 25.7 Å². The maximum atomic E-state index is 8.85. The molecule has 4 rings (SSSR count). The van der Waals surface area contributed by atoms with Crippen LogP contribution in [0.2, 0.25) is 0 Å². The maximum absolute atomic E-state index is 8.85. The summed E-state index contributed by atoms with van der Waals surface area (Å²) < 4.78 is 7.38. The molecule has 2 N–H and O–H groups in total. The van der Waals surface area contributed by atoms with Gasteiger partial charge in [-0.15, -0.1) is 11.3 Å². The molecule has 5 heteroatoms. The van der Waals surface area contributed by atoms with Gasteiger partial charge in [0.2, 0.25) is 0 Å². The minimum Gasteiger partial charge on any atom is -0.512 e. The fourth-order valence-corrected chi connectivity index (χ4v) is 4.05. The Morgan fingerprint density at radius 3 is 2.30 bits per heavy atom. The molecule has 4 aromatic rings. The van der Waals surface area contributed by atoms with E-state index in [0.29, 0.717) is 5.75 Å². The molecular weight excluding hydrogens is 307 g/mol. The molecule has 0 saturated carbocycles. The molecule has 0 aliphatic rings. The molecule has 1 heterocycles. The molecule has 3 nitrogen and oxygen atoms in total. The van der Waals surface area contributed by atoms with Crippen molar-refractivity contribution in [1.82, 2.24) is 0 Å². The monoisotopic (exact) mass is 320 g/mol. The predicted octanol–water partition coefficient (Wildman–Crippen LogP) is 4.07. The van der Waals surface area contributed by atoms with E-state index in [4.69, 9.17) is 14.7 Å². The van der Waals surface area contributed by atoms with Crippen LogP contribution >= 0.6 is 11.3 Å². The summed E-state index contributed by atoms with van der Waals surface area (Å²) in [4.78, 5) is 0. The van der Waals surface area contributed by atoms with Gasteiger partial charge >= 0.3 is 7.32 Å². The smallest absolute Gasteiger partial charge is 0.512 e. The fraction of sp³-hybridized carbons (Fsp3) is 0. The van der Waals surface area contributed by atoms with E-state index in [2.05, 4.69) is 42.5 Å². The molecule has 0 fully saturated rings. The lowest BCUT2D eigenvalue weighted by Gasteiger charge is -2.07. The second-order valence-corrected chi connectivity index (χ2v) is 6.30. The number of benzene rings is 3. The third-order valence-electron chi connectivity index (χ3n) is 3.81. The third kappa shape index (κ3) is 2.59. The Kier molecular flexibility index (Phi) is 3.54. The molecule has 0 spiro atoms. The van der Waals surface area contributed by atoms with Crippen molar-refractivity contribution in [2.24, 2.45) is 0 Å². The van der Waals surface area contributed by atoms with Crippen molar-refractivity contribution >= 4 is 38.8 Å². The minimum absolute atomic E-state index is 0.423. The van der Waals surface area contributed by atoms with E-state index in [9.17, 15) is 0 Å². The summed E-state index contributed by atoms with van der Waals surface area (Å²) in [6.07, 6.45) is 0. The Labute approximate surface area is 137 Å². The first kappa shape index (κ1) is 14.3. The Balaban J connectivity index is 1.85. The van der Waals surface area contributed by atoms with E-state index >= 15 is 0 Å². The first-order valence-corrected chi connectivity index (χ1v) is 8.07. The van der Waals surface area contributed by atoms with Gasteiger partial charge in [-0.05, 0) is 29.3 Å². The van der Waals surface area contributed by atoms with Gasteiger partial charge in [-0.1, -0.05) is 48.5 Å². The number of fused-ring (bicyclic) bond motifs is 3. The number of thiophene rings is 1. The maximum Gasteiger partial charge on any atom is 0.707 e. The van der Waals surface area contributed by atoms with Crippen LogP contribution in [0.1, 0.15) is 0 Å². The molecule has 0 bridgehead atoms. The largest absolute Gasteiger partial charge is 0.707 e. The van der Waals surface area contributed by atoms with Gasteiger partial charge in [0.25, 0.3) is 0 Å². The standard InChI is InChI=1S/C18H13BO3S/c20-19(21)22-13-10-8-12(9-11-13)14-5-3-6-16-15-4-1-2-7-17(15)23-18(14)16/h1-11,20-21H. The number of rotatable bonds is 3. The summed E-state index contributed by atoms with van der Waals surface area (Å²) >= 11 is 1.79. The van der Waals surface area contributed by atoms with E-state index in [1.54, 1.807) is 23.5 Å². The summed E-state index contributed by atoms with van der Waals surface area (Å²) in [5, 5.41) is 20.2. The van der Waals surface area contributed by atoms with Gasteiger partial charge in [-0.2, -0.15) is 0 Å². The molecule has 0 saturated heterocycles. The third-order valence-corrected chi connectivity index (χ3v) is 5.03. The number of hydrogen-bond acceptors (Lipinski definition) is 4. The van der Waals surface area contributed by atoms with Crippen LogP contribution < -0.4 is 4.65 Å². The van der Waals surface area contributed by atoms with Crippen molar-refractivity contribution in [3.05, 3.63) is 66.7 Å². The normalized spacial score (nSPS) is 11.0. The first-order chi connectivity index (χ1) is 11.2. The van der Waals surface area contributed by atoms with Crippen LogP contribution in [0.25, 0.3) is 31.3 Å². The zero-order valence-corrected chi connectivity index (χ0v) is 13.0. The molecule has 112 valence electrons. The van der Waals surface area contributed by atoms with Crippen LogP contribution in [-0.2, 0) is 0 Å². The Morgan fingerprint density at radius 1 is 0.783 bits per heavy atom. The Hall–Kier alpha value is -2.34. The van der Waals surface area contributed by atoms with E-state index in [1.807, 2.05) is 12.1 Å². The molecule has 1 aromatic heterocycles. The highest BCUT2D eigenvalue weighted by molar-refractivity contribution is 7.26. The van der Waals surface area contributed by atoms with E-state index in [-0.39, 0.29) is 0 Å². The highest BCUT2D eigenvalue weighted by Crippen LogP contribution is 2.39. The SMILES string of the molecule is OB(O)Oc1ccc(-c2cccc3c2sc2ccccc23)cc1. The van der Waals surface area contributed by atoms with Gasteiger partial charge in [0.05, 0.1) is 0 Å². The van der Waals surface area contributed by atoms with Gasteiger partial charge < -0.3 is 14.7 Å². The van der Waals surface area contributed by atoms with Crippen LogP contribution in [0.15, 0.2) is 66.7 Å². The average molecular weight is 320 g/mol. The quantitative estimate of drug-likeness (QED) is 0.560. The van der Waals surface area contributed by atoms with Crippen molar-refractivity contribution in [3.63, 3.8) is 0 Å². The zero-order valence-electron chi connectivity index (χ0n) is 12.1. The summed E-state index contributed by atoms with van der Waals surface area (Å²) in [5.41, 5.74) is 2.24. The summed E-state index contributed by atoms with van der Waals surface area (Å²) in [6.45, 7) is 0. The molecule has 0 aliphatic carbocycles.